The second-order valence-electron chi connectivity index (χ2n) is 4.23. The minimum absolute atomic E-state index is 0. The molecule has 0 aromatic rings. The van der Waals surface area contributed by atoms with Crippen molar-refractivity contribution in [3.63, 3.8) is 0 Å². The number of imide groups is 1. The Labute approximate surface area is 159 Å². The van der Waals surface area contributed by atoms with Crippen LogP contribution in [0.2, 0.25) is 0 Å². The molecule has 0 saturated carbocycles. The number of hydrogen-bond donors (Lipinski definition) is 3. The van der Waals surface area contributed by atoms with Gasteiger partial charge in [-0.05, 0) is 20.5 Å². The van der Waals surface area contributed by atoms with Gasteiger partial charge < -0.3 is 15.4 Å². The monoisotopic (exact) mass is 506 g/mol. The minimum atomic E-state index is -0.679. The number of rotatable bonds is 4. The summed E-state index contributed by atoms with van der Waals surface area (Å²) >= 11 is 0. The van der Waals surface area contributed by atoms with Crippen molar-refractivity contribution >= 4 is 17.7 Å². The van der Waals surface area contributed by atoms with Gasteiger partial charge in [0.1, 0.15) is 5.91 Å². The number of amides is 3. The first-order valence-corrected chi connectivity index (χ1v) is 7.60. The largest absolute Gasteiger partial charge is 0.394 e. The van der Waals surface area contributed by atoms with Gasteiger partial charge in [-0.1, -0.05) is 20.8 Å². The third-order valence-corrected chi connectivity index (χ3v) is 2.37. The molecule has 136 valence electrons. The summed E-state index contributed by atoms with van der Waals surface area (Å²) in [5.74, 6) is -1.20. The number of piperidine rings is 1. The third-order valence-electron chi connectivity index (χ3n) is 2.37. The van der Waals surface area contributed by atoms with Crippen LogP contribution in [-0.2, 0) is 35.4 Å². The van der Waals surface area contributed by atoms with Crippen LogP contribution in [0.4, 0.5) is 0 Å². The maximum atomic E-state index is 11.8. The van der Waals surface area contributed by atoms with Crippen molar-refractivity contribution in [3.05, 3.63) is 36.5 Å². The van der Waals surface area contributed by atoms with E-state index in [2.05, 4.69) is 28.6 Å². The Morgan fingerprint density at radius 3 is 2.29 bits per heavy atom. The molecular formula is C17H28N3O3W-. The topological polar surface area (TPSA) is 87.3 Å². The van der Waals surface area contributed by atoms with Crippen LogP contribution in [0.25, 0.3) is 0 Å². The van der Waals surface area contributed by atoms with Crippen LogP contribution in [-0.4, -0.2) is 37.9 Å². The van der Waals surface area contributed by atoms with Gasteiger partial charge in [-0.3, -0.25) is 14.9 Å². The SMILES string of the molecule is C=C/C=C(\[C-]=CC)C(=O)NC1CCC(=O)NC1=O.CC.CNC.[W]. The molecule has 1 unspecified atom stereocenters. The molecule has 3 amide bonds. The van der Waals surface area contributed by atoms with Crippen molar-refractivity contribution in [2.45, 2.75) is 39.7 Å². The van der Waals surface area contributed by atoms with Gasteiger partial charge in [0.2, 0.25) is 11.8 Å². The Kier molecular flexibility index (Phi) is 20.3. The van der Waals surface area contributed by atoms with E-state index in [-0.39, 0.29) is 39.0 Å². The van der Waals surface area contributed by atoms with Crippen LogP contribution in [0.5, 0.6) is 0 Å². The van der Waals surface area contributed by atoms with Crippen molar-refractivity contribution in [1.29, 1.82) is 0 Å². The van der Waals surface area contributed by atoms with E-state index in [4.69, 9.17) is 0 Å². The molecule has 0 aromatic heterocycles. The van der Waals surface area contributed by atoms with E-state index in [1.165, 1.54) is 12.2 Å². The summed E-state index contributed by atoms with van der Waals surface area (Å²) in [5, 5.41) is 7.48. The number of nitrogens with one attached hydrogen (secondary N) is 3. The Morgan fingerprint density at radius 2 is 1.88 bits per heavy atom. The quantitative estimate of drug-likeness (QED) is 0.232. The Morgan fingerprint density at radius 1 is 1.33 bits per heavy atom. The average molecular weight is 506 g/mol. The van der Waals surface area contributed by atoms with E-state index in [1.807, 2.05) is 27.9 Å². The predicted octanol–water partition coefficient (Wildman–Crippen LogP) is 1.26. The zero-order valence-electron chi connectivity index (χ0n) is 15.1. The first-order chi connectivity index (χ1) is 11.0. The van der Waals surface area contributed by atoms with Gasteiger partial charge in [0.15, 0.2) is 0 Å². The van der Waals surface area contributed by atoms with E-state index in [9.17, 15) is 14.4 Å². The van der Waals surface area contributed by atoms with Crippen molar-refractivity contribution < 1.29 is 35.4 Å². The summed E-state index contributed by atoms with van der Waals surface area (Å²) < 4.78 is 0. The summed E-state index contributed by atoms with van der Waals surface area (Å²) in [5.41, 5.74) is 0.289. The fourth-order valence-electron chi connectivity index (χ4n) is 1.53. The third kappa shape index (κ3) is 12.0. The van der Waals surface area contributed by atoms with E-state index < -0.39 is 17.9 Å². The molecule has 1 fully saturated rings. The molecule has 6 nitrogen and oxygen atoms in total. The molecule has 7 heteroatoms. The van der Waals surface area contributed by atoms with Crippen LogP contribution in [0.15, 0.2) is 30.4 Å². The maximum absolute atomic E-state index is 11.8. The fraction of sp³-hybridized carbons (Fsp3) is 0.471. The summed E-state index contributed by atoms with van der Waals surface area (Å²) in [4.78, 5) is 34.3. The predicted molar refractivity (Wildman–Crippen MR) is 92.4 cm³/mol. The summed E-state index contributed by atoms with van der Waals surface area (Å²) in [7, 11) is 3.75. The van der Waals surface area contributed by atoms with Crippen molar-refractivity contribution in [3.8, 4) is 0 Å². The molecule has 0 radical (unpaired) electrons. The number of carbonyl (C=O) groups excluding carboxylic acids is 3. The standard InChI is InChI=1S/C13H15N2O3.C2H7N.C2H6.W/c1-3-5-9(6-4-2)12(17)14-10-7-8-11(16)15-13(10)18;1-3-2;1-2;/h3-5,10H,1,7-8H2,2H3,(H,14,17)(H,15,16,18);3H,1-2H3;1-2H3;/q-1;;;/b9-5+;;;. The van der Waals surface area contributed by atoms with Crippen LogP contribution < -0.4 is 16.0 Å². The van der Waals surface area contributed by atoms with Gasteiger partial charge in [0.05, 0.1) is 6.04 Å². The summed E-state index contributed by atoms with van der Waals surface area (Å²) in [6, 6.07) is -0.679. The Balaban J connectivity index is -0.000000660. The summed E-state index contributed by atoms with van der Waals surface area (Å²) in [6.45, 7) is 9.23. The normalized spacial score (nSPS) is 16.5. The van der Waals surface area contributed by atoms with E-state index in [0.717, 1.165) is 0 Å². The van der Waals surface area contributed by atoms with Crippen LogP contribution in [0.1, 0.15) is 33.6 Å². The minimum Gasteiger partial charge on any atom is -0.394 e. The zero-order valence-corrected chi connectivity index (χ0v) is 18.0. The van der Waals surface area contributed by atoms with Gasteiger partial charge in [0, 0.05) is 27.5 Å². The molecule has 1 aliphatic rings. The molecule has 1 rings (SSSR count). The first kappa shape index (κ1) is 27.3. The van der Waals surface area contributed by atoms with Crippen molar-refractivity contribution in [2.75, 3.05) is 14.1 Å². The average Bonchev–Trinajstić information content (AvgIpc) is 2.52. The van der Waals surface area contributed by atoms with Gasteiger partial charge in [-0.15, -0.1) is 24.3 Å². The molecule has 1 saturated heterocycles. The smallest absolute Gasteiger partial charge is 0.248 e. The van der Waals surface area contributed by atoms with E-state index >= 15 is 0 Å². The van der Waals surface area contributed by atoms with Crippen molar-refractivity contribution in [1.82, 2.24) is 16.0 Å². The molecule has 1 aliphatic heterocycles. The van der Waals surface area contributed by atoms with Crippen LogP contribution >= 0.6 is 0 Å². The zero-order chi connectivity index (χ0) is 18.3. The number of allylic oxidation sites excluding steroid dienone is 3. The molecule has 0 spiro atoms. The fourth-order valence-corrected chi connectivity index (χ4v) is 1.53. The Bertz CT molecular complexity index is 460. The number of hydrogen-bond acceptors (Lipinski definition) is 4. The van der Waals surface area contributed by atoms with Gasteiger partial charge in [-0.2, -0.15) is 12.2 Å². The second-order valence-corrected chi connectivity index (χ2v) is 4.23. The molecule has 24 heavy (non-hydrogen) atoms. The van der Waals surface area contributed by atoms with Crippen LogP contribution in [0.3, 0.4) is 0 Å². The van der Waals surface area contributed by atoms with Crippen molar-refractivity contribution in [2.24, 2.45) is 0 Å². The Hall–Kier alpha value is -1.52. The molecule has 3 N–H and O–H groups in total. The van der Waals surface area contributed by atoms with Gasteiger partial charge in [0.25, 0.3) is 0 Å². The number of carbonyl (C=O) groups is 3. The summed E-state index contributed by atoms with van der Waals surface area (Å²) in [6.07, 6.45) is 7.86. The van der Waals surface area contributed by atoms with Gasteiger partial charge in [-0.25, -0.2) is 0 Å². The molecule has 0 aliphatic carbocycles. The van der Waals surface area contributed by atoms with E-state index in [1.54, 1.807) is 13.0 Å². The second kappa shape index (κ2) is 17.8. The van der Waals surface area contributed by atoms with E-state index in [0.29, 0.717) is 6.42 Å². The molecule has 0 bridgehead atoms. The first-order valence-electron chi connectivity index (χ1n) is 7.60. The molecule has 1 heterocycles. The van der Waals surface area contributed by atoms with Gasteiger partial charge >= 0.3 is 0 Å². The molecule has 1 atom stereocenters. The molecule has 0 aromatic carbocycles. The van der Waals surface area contributed by atoms with Crippen LogP contribution in [0, 0.1) is 6.08 Å². The molecular weight excluding hydrogens is 478 g/mol. The maximum Gasteiger partial charge on any atom is 0.248 e.